The highest BCUT2D eigenvalue weighted by Gasteiger charge is 2.36. The van der Waals surface area contributed by atoms with Crippen molar-refractivity contribution in [2.24, 2.45) is 0 Å². The number of fused-ring (bicyclic) bond motifs is 6. The highest BCUT2D eigenvalue weighted by Crippen LogP contribution is 2.51. The minimum atomic E-state index is -2.16. The molecule has 0 spiro atoms. The van der Waals surface area contributed by atoms with E-state index in [4.69, 9.17) is 0 Å². The van der Waals surface area contributed by atoms with Crippen molar-refractivity contribution in [1.82, 2.24) is 0 Å². The van der Waals surface area contributed by atoms with E-state index in [1.54, 1.807) is 0 Å². The van der Waals surface area contributed by atoms with Crippen LogP contribution in [0.2, 0.25) is 13.1 Å². The van der Waals surface area contributed by atoms with Crippen molar-refractivity contribution < 1.29 is 0 Å². The monoisotopic (exact) mass is 747 g/mol. The predicted octanol–water partition coefficient (Wildman–Crippen LogP) is 14.8. The Morgan fingerprint density at radius 1 is 0.439 bits per heavy atom. The van der Waals surface area contributed by atoms with E-state index in [2.05, 4.69) is 232 Å². The van der Waals surface area contributed by atoms with Gasteiger partial charge in [-0.3, -0.25) is 0 Å². The Kier molecular flexibility index (Phi) is 8.35. The average molecular weight is 748 g/mol. The van der Waals surface area contributed by atoms with Gasteiger partial charge in [-0.1, -0.05) is 190 Å². The topological polar surface area (TPSA) is 3.24 Å². The number of anilines is 3. The van der Waals surface area contributed by atoms with Gasteiger partial charge >= 0.3 is 0 Å². The van der Waals surface area contributed by atoms with E-state index in [0.717, 1.165) is 11.4 Å². The van der Waals surface area contributed by atoms with Crippen LogP contribution in [-0.2, 0) is 5.41 Å². The smallest absolute Gasteiger partial charge is 0.105 e. The molecule has 0 bridgehead atoms. The molecule has 2 heteroatoms. The van der Waals surface area contributed by atoms with Crippen molar-refractivity contribution >= 4 is 68.7 Å². The molecule has 0 saturated carbocycles. The van der Waals surface area contributed by atoms with Gasteiger partial charge in [0, 0.05) is 22.5 Å². The van der Waals surface area contributed by atoms with Crippen molar-refractivity contribution in [1.29, 1.82) is 0 Å². The van der Waals surface area contributed by atoms with Crippen LogP contribution in [0.3, 0.4) is 0 Å². The molecule has 0 amide bonds. The molecule has 274 valence electrons. The quantitative estimate of drug-likeness (QED) is 0.116. The maximum absolute atomic E-state index is 2.56. The van der Waals surface area contributed by atoms with E-state index in [0.29, 0.717) is 0 Å². The van der Waals surface area contributed by atoms with Gasteiger partial charge in [-0.05, 0) is 113 Å². The van der Waals surface area contributed by atoms with Crippen LogP contribution in [0.15, 0.2) is 194 Å². The van der Waals surface area contributed by atoms with E-state index in [-0.39, 0.29) is 5.41 Å². The molecule has 0 aliphatic heterocycles. The van der Waals surface area contributed by atoms with Crippen molar-refractivity contribution in [2.45, 2.75) is 32.4 Å². The summed E-state index contributed by atoms with van der Waals surface area (Å²) in [6.07, 6.45) is 2.41. The summed E-state index contributed by atoms with van der Waals surface area (Å²) in [5, 5.41) is 9.44. The van der Waals surface area contributed by atoms with E-state index in [1.165, 1.54) is 82.1 Å². The molecule has 0 fully saturated rings. The lowest BCUT2D eigenvalue weighted by atomic mass is 9.82. The summed E-state index contributed by atoms with van der Waals surface area (Å²) in [7, 11) is -2.16. The molecule has 1 nitrogen and oxygen atoms in total. The summed E-state index contributed by atoms with van der Waals surface area (Å²) < 4.78 is 0. The fourth-order valence-electron chi connectivity index (χ4n) is 9.53. The zero-order chi connectivity index (χ0) is 38.7. The Balaban J connectivity index is 1.04. The summed E-state index contributed by atoms with van der Waals surface area (Å²) >= 11 is 0. The highest BCUT2D eigenvalue weighted by atomic mass is 28.3. The first-order valence-corrected chi connectivity index (χ1v) is 23.2. The molecule has 10 rings (SSSR count). The van der Waals surface area contributed by atoms with Gasteiger partial charge in [0.1, 0.15) is 8.07 Å². The lowest BCUT2D eigenvalue weighted by Crippen LogP contribution is -2.40. The molecule has 0 heterocycles. The SMILES string of the molecule is CC1(C)c2cc(/C=C/[Si](C)(C)c3c4ccccc4c(-c4cccc5ccccc45)c4ccccc34)ccc2-c2ccc(N(c3ccccc3)c3ccccc3)cc21. The maximum Gasteiger partial charge on any atom is 0.105 e. The Morgan fingerprint density at radius 3 is 1.58 bits per heavy atom. The first-order chi connectivity index (χ1) is 27.8. The van der Waals surface area contributed by atoms with Gasteiger partial charge < -0.3 is 4.90 Å². The number of rotatable bonds is 7. The summed E-state index contributed by atoms with van der Waals surface area (Å²) in [5.41, 5.74) is 15.2. The zero-order valence-electron chi connectivity index (χ0n) is 33.0. The number of nitrogens with zero attached hydrogens (tertiary/aromatic N) is 1. The van der Waals surface area contributed by atoms with Crippen LogP contribution in [0.1, 0.15) is 30.5 Å². The molecule has 0 aromatic heterocycles. The van der Waals surface area contributed by atoms with Crippen molar-refractivity contribution in [2.75, 3.05) is 4.90 Å². The number of hydrogen-bond acceptors (Lipinski definition) is 1. The summed E-state index contributed by atoms with van der Waals surface area (Å²) in [5.74, 6) is 0. The zero-order valence-corrected chi connectivity index (χ0v) is 34.0. The Labute approximate surface area is 337 Å². The first-order valence-electron chi connectivity index (χ1n) is 20.1. The fraction of sp³-hybridized carbons (Fsp3) is 0.0909. The molecule has 57 heavy (non-hydrogen) atoms. The lowest BCUT2D eigenvalue weighted by molar-refractivity contribution is 0.660. The largest absolute Gasteiger partial charge is 0.310 e. The van der Waals surface area contributed by atoms with Gasteiger partial charge in [-0.15, -0.1) is 0 Å². The predicted molar refractivity (Wildman–Crippen MR) is 249 cm³/mol. The first kappa shape index (κ1) is 35.0. The number of hydrogen-bond donors (Lipinski definition) is 0. The van der Waals surface area contributed by atoms with E-state index in [1.807, 2.05) is 0 Å². The molecule has 1 aliphatic rings. The van der Waals surface area contributed by atoms with Crippen molar-refractivity contribution in [3.8, 4) is 22.3 Å². The second-order valence-electron chi connectivity index (χ2n) is 16.6. The van der Waals surface area contributed by atoms with Gasteiger partial charge in [0.15, 0.2) is 0 Å². The average Bonchev–Trinajstić information content (AvgIpc) is 3.47. The van der Waals surface area contributed by atoms with Crippen LogP contribution >= 0.6 is 0 Å². The molecule has 0 N–H and O–H groups in total. The molecule has 1 aliphatic carbocycles. The van der Waals surface area contributed by atoms with Crippen LogP contribution < -0.4 is 10.1 Å². The van der Waals surface area contributed by atoms with Crippen LogP contribution in [0.25, 0.3) is 60.6 Å². The summed E-state index contributed by atoms with van der Waals surface area (Å²) in [4.78, 5) is 2.36. The number of benzene rings is 9. The van der Waals surface area contributed by atoms with Crippen LogP contribution in [0, 0.1) is 0 Å². The molecule has 0 unspecified atom stereocenters. The van der Waals surface area contributed by atoms with Crippen molar-refractivity contribution in [3.05, 3.63) is 210 Å². The van der Waals surface area contributed by atoms with Gasteiger partial charge in [0.2, 0.25) is 0 Å². The maximum atomic E-state index is 2.56. The highest BCUT2D eigenvalue weighted by molar-refractivity contribution is 6.97. The Morgan fingerprint density at radius 2 is 0.947 bits per heavy atom. The molecule has 0 saturated heterocycles. The van der Waals surface area contributed by atoms with Gasteiger partial charge in [-0.2, -0.15) is 0 Å². The third-order valence-corrected chi connectivity index (χ3v) is 15.1. The van der Waals surface area contributed by atoms with E-state index < -0.39 is 8.07 Å². The second kappa shape index (κ2) is 13.6. The van der Waals surface area contributed by atoms with E-state index in [9.17, 15) is 0 Å². The third-order valence-electron chi connectivity index (χ3n) is 12.3. The van der Waals surface area contributed by atoms with Crippen LogP contribution in [0.4, 0.5) is 17.1 Å². The molecular formula is C55H45NSi. The summed E-state index contributed by atoms with van der Waals surface area (Å²) in [6.45, 7) is 9.79. The second-order valence-corrected chi connectivity index (χ2v) is 20.9. The molecular weight excluding hydrogens is 703 g/mol. The molecule has 9 aromatic rings. The normalized spacial score (nSPS) is 13.3. The lowest BCUT2D eigenvalue weighted by Gasteiger charge is -2.28. The fourth-order valence-corrected chi connectivity index (χ4v) is 12.1. The Hall–Kier alpha value is -6.48. The minimum absolute atomic E-state index is 0.152. The van der Waals surface area contributed by atoms with Gasteiger partial charge in [0.05, 0.1) is 0 Å². The Bertz CT molecular complexity index is 2910. The standard InChI is InChI=1S/C55H45NSi/c1-55(2)51-36-38(30-32-44(51)45-33-31-42(37-52(45)55)56(40-20-7-5-8-21-40)41-22-9-6-10-23-41)34-35-57(3,4)54-49-27-15-13-25-47(49)53(48-26-14-16-28-50(48)54)46-29-17-19-39-18-11-12-24-43(39)46/h5-37H,1-4H3/b35-34+. The third kappa shape index (κ3) is 5.83. The van der Waals surface area contributed by atoms with Gasteiger partial charge in [-0.25, -0.2) is 0 Å². The van der Waals surface area contributed by atoms with Gasteiger partial charge in [0.25, 0.3) is 0 Å². The number of para-hydroxylation sites is 2. The van der Waals surface area contributed by atoms with Crippen LogP contribution in [0.5, 0.6) is 0 Å². The summed E-state index contributed by atoms with van der Waals surface area (Å²) in [6, 6.07) is 69.3. The van der Waals surface area contributed by atoms with Crippen molar-refractivity contribution in [3.63, 3.8) is 0 Å². The van der Waals surface area contributed by atoms with Crippen LogP contribution in [-0.4, -0.2) is 8.07 Å². The molecule has 0 atom stereocenters. The van der Waals surface area contributed by atoms with E-state index >= 15 is 0 Å². The molecule has 9 aromatic carbocycles. The minimum Gasteiger partial charge on any atom is -0.310 e. The molecule has 0 radical (unpaired) electrons.